The lowest BCUT2D eigenvalue weighted by Crippen LogP contribution is -2.02. The van der Waals surface area contributed by atoms with Gasteiger partial charge < -0.3 is 5.11 Å². The zero-order valence-electron chi connectivity index (χ0n) is 7.05. The summed E-state index contributed by atoms with van der Waals surface area (Å²) < 4.78 is 0. The summed E-state index contributed by atoms with van der Waals surface area (Å²) in [7, 11) is 0. The molecule has 1 saturated carbocycles. The second-order valence-electron chi connectivity index (χ2n) is 3.98. The van der Waals surface area contributed by atoms with Gasteiger partial charge in [-0.15, -0.1) is 0 Å². The van der Waals surface area contributed by atoms with Crippen LogP contribution in [0.15, 0.2) is 11.6 Å². The van der Waals surface area contributed by atoms with Crippen LogP contribution in [0, 0.1) is 5.41 Å². The number of hydrogen-bond donors (Lipinski definition) is 1. The van der Waals surface area contributed by atoms with E-state index < -0.39 is 5.97 Å². The number of hydrogen-bond acceptors (Lipinski definition) is 1. The van der Waals surface area contributed by atoms with Gasteiger partial charge in [0.2, 0.25) is 0 Å². The molecule has 11 heavy (non-hydrogen) atoms. The molecule has 0 radical (unpaired) electrons. The third-order valence-corrected chi connectivity index (χ3v) is 2.16. The fourth-order valence-electron chi connectivity index (χ4n) is 1.59. The van der Waals surface area contributed by atoms with Gasteiger partial charge in [0.15, 0.2) is 0 Å². The van der Waals surface area contributed by atoms with E-state index in [2.05, 4.69) is 13.8 Å². The number of allylic oxidation sites excluding steroid dienone is 1. The van der Waals surface area contributed by atoms with Crippen molar-refractivity contribution in [3.05, 3.63) is 11.6 Å². The van der Waals surface area contributed by atoms with Crippen molar-refractivity contribution in [1.82, 2.24) is 0 Å². The molecule has 0 aromatic carbocycles. The fourth-order valence-corrected chi connectivity index (χ4v) is 1.59. The Hall–Kier alpha value is -0.790. The lowest BCUT2D eigenvalue weighted by atomic mass is 9.92. The second kappa shape index (κ2) is 2.68. The summed E-state index contributed by atoms with van der Waals surface area (Å²) in [6.45, 7) is 4.35. The minimum atomic E-state index is -0.808. The number of carbonyl (C=O) groups is 1. The maximum Gasteiger partial charge on any atom is 0.328 e. The summed E-state index contributed by atoms with van der Waals surface area (Å²) in [5, 5.41) is 8.47. The van der Waals surface area contributed by atoms with Crippen LogP contribution >= 0.6 is 0 Å². The number of carboxylic acid groups (broad SMARTS) is 1. The Morgan fingerprint density at radius 2 is 2.27 bits per heavy atom. The van der Waals surface area contributed by atoms with E-state index in [1.165, 1.54) is 6.08 Å². The first-order valence-corrected chi connectivity index (χ1v) is 3.92. The fraction of sp³-hybridized carbons (Fsp3) is 0.667. The van der Waals surface area contributed by atoms with Gasteiger partial charge in [0, 0.05) is 6.08 Å². The number of rotatable bonds is 1. The third kappa shape index (κ3) is 2.37. The molecule has 0 aromatic heterocycles. The largest absolute Gasteiger partial charge is 0.478 e. The van der Waals surface area contributed by atoms with E-state index in [0.29, 0.717) is 5.41 Å². The van der Waals surface area contributed by atoms with Gasteiger partial charge in [0.05, 0.1) is 0 Å². The summed E-state index contributed by atoms with van der Waals surface area (Å²) in [6, 6.07) is 0. The smallest absolute Gasteiger partial charge is 0.328 e. The van der Waals surface area contributed by atoms with E-state index in [-0.39, 0.29) is 0 Å². The van der Waals surface area contributed by atoms with E-state index in [0.717, 1.165) is 24.8 Å². The first kappa shape index (κ1) is 8.31. The van der Waals surface area contributed by atoms with Crippen molar-refractivity contribution in [2.24, 2.45) is 5.41 Å². The van der Waals surface area contributed by atoms with Gasteiger partial charge in [-0.1, -0.05) is 19.4 Å². The first-order valence-electron chi connectivity index (χ1n) is 3.92. The van der Waals surface area contributed by atoms with Gasteiger partial charge in [-0.05, 0) is 24.7 Å². The lowest BCUT2D eigenvalue weighted by molar-refractivity contribution is -0.131. The van der Waals surface area contributed by atoms with Crippen LogP contribution < -0.4 is 0 Å². The second-order valence-corrected chi connectivity index (χ2v) is 3.98. The Balaban J connectivity index is 2.61. The highest BCUT2D eigenvalue weighted by Crippen LogP contribution is 2.40. The van der Waals surface area contributed by atoms with Crippen molar-refractivity contribution in [2.75, 3.05) is 0 Å². The molecule has 0 unspecified atom stereocenters. The van der Waals surface area contributed by atoms with E-state index in [4.69, 9.17) is 5.11 Å². The summed E-state index contributed by atoms with van der Waals surface area (Å²) in [4.78, 5) is 10.3. The highest BCUT2D eigenvalue weighted by atomic mass is 16.4. The molecule has 0 saturated heterocycles. The normalized spacial score (nSPS) is 25.8. The Kier molecular flexibility index (Phi) is 2.03. The molecule has 0 amide bonds. The molecule has 1 N–H and O–H groups in total. The lowest BCUT2D eigenvalue weighted by Gasteiger charge is -2.13. The summed E-state index contributed by atoms with van der Waals surface area (Å²) in [5.41, 5.74) is 1.41. The molecule has 2 nitrogen and oxygen atoms in total. The van der Waals surface area contributed by atoms with Gasteiger partial charge >= 0.3 is 5.97 Å². The molecule has 0 heterocycles. The van der Waals surface area contributed by atoms with Crippen molar-refractivity contribution >= 4 is 5.97 Å². The Bertz CT molecular complexity index is 202. The molecule has 0 aliphatic heterocycles. The zero-order valence-corrected chi connectivity index (χ0v) is 7.05. The van der Waals surface area contributed by atoms with Crippen LogP contribution in [0.2, 0.25) is 0 Å². The molecular weight excluding hydrogens is 140 g/mol. The predicted molar refractivity (Wildman–Crippen MR) is 43.4 cm³/mol. The van der Waals surface area contributed by atoms with Gasteiger partial charge in [0.25, 0.3) is 0 Å². The van der Waals surface area contributed by atoms with Crippen LogP contribution in [0.1, 0.15) is 33.1 Å². The minimum Gasteiger partial charge on any atom is -0.478 e. The number of aliphatic carboxylic acids is 1. The minimum absolute atomic E-state index is 0.321. The Morgan fingerprint density at radius 1 is 1.64 bits per heavy atom. The average molecular weight is 154 g/mol. The van der Waals surface area contributed by atoms with Crippen LogP contribution in [0.3, 0.4) is 0 Å². The maximum atomic E-state index is 10.3. The van der Waals surface area contributed by atoms with Gasteiger partial charge in [-0.2, -0.15) is 0 Å². The molecule has 1 rings (SSSR count). The van der Waals surface area contributed by atoms with Crippen LogP contribution in [-0.4, -0.2) is 11.1 Å². The van der Waals surface area contributed by atoms with E-state index in [1.54, 1.807) is 0 Å². The SMILES string of the molecule is CC1(C)CC/C(=C\C(=O)O)C1. The molecule has 2 heteroatoms. The molecule has 0 spiro atoms. The van der Waals surface area contributed by atoms with Crippen LogP contribution in [0.4, 0.5) is 0 Å². The molecule has 1 aliphatic rings. The van der Waals surface area contributed by atoms with E-state index >= 15 is 0 Å². The van der Waals surface area contributed by atoms with Crippen molar-refractivity contribution in [3.63, 3.8) is 0 Å². The molecule has 0 aromatic rings. The summed E-state index contributed by atoms with van der Waals surface area (Å²) >= 11 is 0. The van der Waals surface area contributed by atoms with Crippen LogP contribution in [-0.2, 0) is 4.79 Å². The summed E-state index contributed by atoms with van der Waals surface area (Å²) in [6.07, 6.45) is 4.37. The average Bonchev–Trinajstić information content (AvgIpc) is 2.08. The number of carboxylic acids is 1. The Morgan fingerprint density at radius 3 is 2.64 bits per heavy atom. The highest BCUT2D eigenvalue weighted by molar-refractivity contribution is 5.80. The van der Waals surface area contributed by atoms with Crippen molar-refractivity contribution in [1.29, 1.82) is 0 Å². The standard InChI is InChI=1S/C9H14O2/c1-9(2)4-3-7(6-9)5-8(10)11/h5H,3-4,6H2,1-2H3,(H,10,11)/b7-5+. The van der Waals surface area contributed by atoms with E-state index in [1.807, 2.05) is 0 Å². The topological polar surface area (TPSA) is 37.3 Å². The molecule has 62 valence electrons. The predicted octanol–water partition coefficient (Wildman–Crippen LogP) is 2.21. The highest BCUT2D eigenvalue weighted by Gasteiger charge is 2.26. The zero-order chi connectivity index (χ0) is 8.48. The molecule has 1 aliphatic carbocycles. The van der Waals surface area contributed by atoms with Gasteiger partial charge in [-0.3, -0.25) is 0 Å². The van der Waals surface area contributed by atoms with E-state index in [9.17, 15) is 4.79 Å². The first-order chi connectivity index (χ1) is 4.99. The summed E-state index contributed by atoms with van der Waals surface area (Å²) in [5.74, 6) is -0.808. The van der Waals surface area contributed by atoms with Crippen molar-refractivity contribution in [3.8, 4) is 0 Å². The third-order valence-electron chi connectivity index (χ3n) is 2.16. The van der Waals surface area contributed by atoms with Crippen molar-refractivity contribution < 1.29 is 9.90 Å². The van der Waals surface area contributed by atoms with Crippen LogP contribution in [0.5, 0.6) is 0 Å². The molecule has 0 bridgehead atoms. The monoisotopic (exact) mass is 154 g/mol. The molecular formula is C9H14O2. The van der Waals surface area contributed by atoms with Crippen LogP contribution in [0.25, 0.3) is 0 Å². The quantitative estimate of drug-likeness (QED) is 0.588. The molecule has 1 fully saturated rings. The maximum absolute atomic E-state index is 10.3. The van der Waals surface area contributed by atoms with Crippen molar-refractivity contribution in [2.45, 2.75) is 33.1 Å². The Labute approximate surface area is 66.9 Å². The molecule has 0 atom stereocenters. The van der Waals surface area contributed by atoms with Gasteiger partial charge in [0.1, 0.15) is 0 Å². The van der Waals surface area contributed by atoms with Gasteiger partial charge in [-0.25, -0.2) is 4.79 Å².